The van der Waals surface area contributed by atoms with Gasteiger partial charge in [-0.25, -0.2) is 19.4 Å². The third kappa shape index (κ3) is 11.4. The Labute approximate surface area is 397 Å². The van der Waals surface area contributed by atoms with Crippen LogP contribution in [0.2, 0.25) is 0 Å². The molecule has 0 aromatic heterocycles. The number of thioether (sulfide) groups is 1. The summed E-state index contributed by atoms with van der Waals surface area (Å²) in [7, 11) is 1.80. The van der Waals surface area contributed by atoms with Gasteiger partial charge < -0.3 is 29.1 Å². The van der Waals surface area contributed by atoms with Crippen LogP contribution in [0.1, 0.15) is 43.4 Å². The van der Waals surface area contributed by atoms with Crippen molar-refractivity contribution >= 4 is 64.8 Å². The Hall–Kier alpha value is -7.51. The third-order valence-corrected chi connectivity index (χ3v) is 13.7. The molecule has 7 rings (SSSR count). The predicted octanol–water partition coefficient (Wildman–Crippen LogP) is 4.14. The largest absolute Gasteiger partial charge is 0.456 e. The number of aliphatic hydroxyl groups excluding tert-OH is 1. The molecule has 4 aliphatic rings. The van der Waals surface area contributed by atoms with E-state index in [2.05, 4.69) is 15.6 Å². The second-order valence-corrected chi connectivity index (χ2v) is 18.2. The van der Waals surface area contributed by atoms with E-state index < -0.39 is 69.0 Å². The van der Waals surface area contributed by atoms with Crippen molar-refractivity contribution in [2.24, 2.45) is 16.8 Å². The number of hydrogen-bond donors (Lipinski definition) is 3. The number of carbonyl (C=O) groups is 5. The van der Waals surface area contributed by atoms with E-state index >= 15 is 0 Å². The lowest BCUT2D eigenvalue weighted by Crippen LogP contribution is -2.63. The summed E-state index contributed by atoms with van der Waals surface area (Å²) < 4.78 is 16.2. The summed E-state index contributed by atoms with van der Waals surface area (Å²) in [6, 6.07) is 14.5. The molecule has 3 aromatic carbocycles. The number of carbonyl (C=O) groups excluding carboxylic acids is 5. The molecule has 24 nitrogen and oxygen atoms in total. The number of esters is 1. The molecule has 69 heavy (non-hydrogen) atoms. The zero-order valence-corrected chi connectivity index (χ0v) is 38.1. The van der Waals surface area contributed by atoms with E-state index in [-0.39, 0.29) is 78.7 Å². The molecule has 3 fully saturated rings. The Morgan fingerprint density at radius 3 is 1.74 bits per heavy atom. The van der Waals surface area contributed by atoms with Crippen molar-refractivity contribution in [1.82, 2.24) is 25.3 Å². The zero-order chi connectivity index (χ0) is 49.7. The number of nitro benzene ring substituents is 3. The van der Waals surface area contributed by atoms with Crippen LogP contribution in [-0.4, -0.2) is 127 Å². The summed E-state index contributed by atoms with van der Waals surface area (Å²) in [5, 5.41) is 48.2. The number of nitrogens with one attached hydrogen (secondary N) is 2. The summed E-state index contributed by atoms with van der Waals surface area (Å²) >= 11 is 1.38. The van der Waals surface area contributed by atoms with Gasteiger partial charge in [0.05, 0.1) is 44.9 Å². The monoisotopic (exact) mass is 973 g/mol. The van der Waals surface area contributed by atoms with Gasteiger partial charge in [0.1, 0.15) is 25.5 Å². The van der Waals surface area contributed by atoms with Crippen LogP contribution >= 0.6 is 11.8 Å². The van der Waals surface area contributed by atoms with E-state index in [1.165, 1.54) is 96.4 Å². The molecule has 0 saturated carbocycles. The molecule has 3 aromatic rings. The molecule has 0 radical (unpaired) electrons. The van der Waals surface area contributed by atoms with Crippen molar-refractivity contribution in [1.29, 1.82) is 0 Å². The fraction of sp³-hybridized carbons (Fsp3) is 0.409. The average Bonchev–Trinajstić information content (AvgIpc) is 4.00. The smallest absolute Gasteiger partial charge is 0.414 e. The maximum atomic E-state index is 14.1. The number of aliphatic hydroxyl groups is 1. The highest BCUT2D eigenvalue weighted by atomic mass is 32.2. The van der Waals surface area contributed by atoms with Gasteiger partial charge in [0.15, 0.2) is 0 Å². The summed E-state index contributed by atoms with van der Waals surface area (Å²) in [5.41, 5.74) is 1.01. The van der Waals surface area contributed by atoms with Gasteiger partial charge in [0.2, 0.25) is 17.8 Å². The zero-order valence-electron chi connectivity index (χ0n) is 37.3. The van der Waals surface area contributed by atoms with Crippen LogP contribution in [0.3, 0.4) is 0 Å². The number of hydrogen-bond acceptors (Lipinski definition) is 18. The normalized spacial score (nSPS) is 22.2. The number of nitrogens with zero attached hydrogens (tertiary/aromatic N) is 7. The lowest BCUT2D eigenvalue weighted by molar-refractivity contribution is -0.385. The number of fused-ring (bicyclic) bond motifs is 1. The lowest BCUT2D eigenvalue weighted by Gasteiger charge is -2.46. The molecule has 0 spiro atoms. The molecule has 4 heterocycles. The van der Waals surface area contributed by atoms with Crippen molar-refractivity contribution < 1.29 is 58.1 Å². The maximum absolute atomic E-state index is 14.1. The van der Waals surface area contributed by atoms with Gasteiger partial charge in [-0.1, -0.05) is 6.92 Å². The number of non-ortho nitro benzene ring substituents is 3. The van der Waals surface area contributed by atoms with Crippen LogP contribution in [0.15, 0.2) is 88.4 Å². The van der Waals surface area contributed by atoms with Crippen LogP contribution in [0.25, 0.3) is 0 Å². The van der Waals surface area contributed by atoms with Crippen LogP contribution in [-0.2, 0) is 48.4 Å². The molecule has 364 valence electrons. The van der Waals surface area contributed by atoms with Gasteiger partial charge in [-0.05, 0) is 79.9 Å². The molecule has 0 aliphatic carbocycles. The van der Waals surface area contributed by atoms with E-state index in [1.807, 2.05) is 11.8 Å². The van der Waals surface area contributed by atoms with E-state index in [0.29, 0.717) is 41.0 Å². The minimum Gasteiger partial charge on any atom is -0.456 e. The number of aliphatic imine (C=N–C) groups is 1. The molecule has 4 amide bonds. The van der Waals surface area contributed by atoms with E-state index in [4.69, 9.17) is 14.2 Å². The first-order chi connectivity index (χ1) is 32.9. The Morgan fingerprint density at radius 2 is 1.28 bits per heavy atom. The number of guanidine groups is 1. The quantitative estimate of drug-likeness (QED) is 0.0366. The fourth-order valence-electron chi connectivity index (χ4n) is 8.63. The molecular weight excluding hydrogens is 927 g/mol. The number of β-lactam (4-membered cyclic amide) rings is 1. The second-order valence-electron chi connectivity index (χ2n) is 16.9. The van der Waals surface area contributed by atoms with Crippen LogP contribution in [0.4, 0.5) is 26.7 Å². The number of alkyl carbamates (subject to hydrolysis) is 2. The minimum absolute atomic E-state index is 0.0717. The van der Waals surface area contributed by atoms with Crippen molar-refractivity contribution in [3.8, 4) is 0 Å². The standard InChI is InChI=1S/C44H47N9O15S/c1-24-36-35(25(2)54)40(56)50(36)37(41(57)66-21-26-4-10-30(11-5-26)51(60)61)38(24)69-33-18-34(48(3)20-33)39(55)49-17-16-29(19-49)45-42(46-43(58)67-22-27-6-12-31(13-7-27)52(62)63)47-44(59)68-23-28-8-14-32(15-9-28)53(64)65/h4-15,24-25,29,33-36,54H,16-23H2,1-3H3,(H2,45,46,47,58,59)/t24-,25-,29+,33+,34+,35-,36-/m1/s1. The number of rotatable bonds is 15. The third-order valence-electron chi connectivity index (χ3n) is 12.2. The molecule has 0 unspecified atom stereocenters. The Balaban J connectivity index is 1.00. The van der Waals surface area contributed by atoms with Gasteiger partial charge in [0.25, 0.3) is 17.1 Å². The number of ether oxygens (including phenoxy) is 3. The van der Waals surface area contributed by atoms with Crippen molar-refractivity contribution in [2.45, 2.75) is 76.0 Å². The molecule has 7 atom stereocenters. The topological polar surface area (TPSA) is 309 Å². The molecule has 3 saturated heterocycles. The molecule has 0 bridgehead atoms. The first-order valence-corrected chi connectivity index (χ1v) is 22.5. The number of likely N-dealkylation sites (tertiary alicyclic amines) is 2. The van der Waals surface area contributed by atoms with Crippen molar-refractivity contribution in [3.05, 3.63) is 130 Å². The minimum atomic E-state index is -1.03. The summed E-state index contributed by atoms with van der Waals surface area (Å²) in [4.78, 5) is 109. The first kappa shape index (κ1) is 49.4. The van der Waals surface area contributed by atoms with Crippen LogP contribution in [0.5, 0.6) is 0 Å². The summed E-state index contributed by atoms with van der Waals surface area (Å²) in [6.07, 6.45) is -2.32. The fourth-order valence-corrected chi connectivity index (χ4v) is 10.2. The summed E-state index contributed by atoms with van der Waals surface area (Å²) in [5.74, 6) is -2.79. The molecular formula is C44H47N9O15S. The highest BCUT2D eigenvalue weighted by molar-refractivity contribution is 8.03. The predicted molar refractivity (Wildman–Crippen MR) is 243 cm³/mol. The van der Waals surface area contributed by atoms with Crippen molar-refractivity contribution in [3.63, 3.8) is 0 Å². The Bertz CT molecular complexity index is 2500. The number of amides is 4. The van der Waals surface area contributed by atoms with Gasteiger partial charge in [-0.15, -0.1) is 11.8 Å². The average molecular weight is 974 g/mol. The van der Waals surface area contributed by atoms with Crippen LogP contribution < -0.4 is 10.6 Å². The number of likely N-dealkylation sites (N-methyl/N-ethyl adjacent to an activating group) is 1. The van der Waals surface area contributed by atoms with Gasteiger partial charge >= 0.3 is 18.2 Å². The van der Waals surface area contributed by atoms with Crippen LogP contribution in [0, 0.1) is 42.2 Å². The summed E-state index contributed by atoms with van der Waals surface area (Å²) in [6.45, 7) is 3.45. The SMILES string of the molecule is C[C@@H](O)[C@H]1C(=O)N2C(C(=O)OCc3ccc([N+](=O)[O-])cc3)=C(S[C@H]3C[C@@H](C(=O)N4CC[C@H](N=C(NC(=O)OCc5ccc([N+](=O)[O-])cc5)NC(=O)OCc5ccc([N+](=O)[O-])cc5)C4)N(C)C3)[C@H](C)[C@H]12. The molecule has 4 aliphatic heterocycles. The molecule has 3 N–H and O–H groups in total. The molecule has 25 heteroatoms. The van der Waals surface area contributed by atoms with Gasteiger partial charge in [0, 0.05) is 72.1 Å². The van der Waals surface area contributed by atoms with Crippen molar-refractivity contribution in [2.75, 3.05) is 26.7 Å². The van der Waals surface area contributed by atoms with E-state index in [9.17, 15) is 59.4 Å². The van der Waals surface area contributed by atoms with Gasteiger partial charge in [-0.3, -0.25) is 55.5 Å². The number of nitro groups is 3. The maximum Gasteiger partial charge on any atom is 0.414 e. The second kappa shape index (κ2) is 21.2. The van der Waals surface area contributed by atoms with E-state index in [1.54, 1.807) is 11.9 Å². The number of benzene rings is 3. The highest BCUT2D eigenvalue weighted by Crippen LogP contribution is 2.52. The Morgan fingerprint density at radius 1 is 0.797 bits per heavy atom. The van der Waals surface area contributed by atoms with E-state index in [0.717, 1.165) is 0 Å². The van der Waals surface area contributed by atoms with Gasteiger partial charge in [-0.2, -0.15) is 0 Å². The Kier molecular flexibility index (Phi) is 15.2. The lowest BCUT2D eigenvalue weighted by atomic mass is 9.79. The highest BCUT2D eigenvalue weighted by Gasteiger charge is 2.60. The first-order valence-electron chi connectivity index (χ1n) is 21.6.